The van der Waals surface area contributed by atoms with Crippen LogP contribution in [0.2, 0.25) is 0 Å². The van der Waals surface area contributed by atoms with Gasteiger partial charge in [-0.3, -0.25) is 9.59 Å². The first-order chi connectivity index (χ1) is 10.1. The number of amides is 2. The Bertz CT molecular complexity index is 501. The van der Waals surface area contributed by atoms with Crippen LogP contribution in [-0.4, -0.2) is 43.0 Å². The Morgan fingerprint density at radius 3 is 2.76 bits per heavy atom. The molecular formula is C15H19FN2O3. The van der Waals surface area contributed by atoms with Crippen LogP contribution in [0.1, 0.15) is 19.3 Å². The highest BCUT2D eigenvalue weighted by Gasteiger charge is 2.17. The van der Waals surface area contributed by atoms with Crippen molar-refractivity contribution in [3.63, 3.8) is 0 Å². The van der Waals surface area contributed by atoms with E-state index in [0.29, 0.717) is 18.7 Å². The molecule has 2 amide bonds. The number of hydrogen-bond acceptors (Lipinski definition) is 3. The fourth-order valence-electron chi connectivity index (χ4n) is 2.19. The van der Waals surface area contributed by atoms with Gasteiger partial charge in [-0.2, -0.15) is 0 Å². The first-order valence-corrected chi connectivity index (χ1v) is 7.08. The fourth-order valence-corrected chi connectivity index (χ4v) is 2.19. The lowest BCUT2D eigenvalue weighted by atomic mass is 10.3. The summed E-state index contributed by atoms with van der Waals surface area (Å²) in [5.74, 6) is -0.366. The molecule has 5 nitrogen and oxygen atoms in total. The number of likely N-dealkylation sites (tertiary alicyclic amines) is 1. The van der Waals surface area contributed by atoms with Crippen molar-refractivity contribution < 1.29 is 18.7 Å². The zero-order valence-corrected chi connectivity index (χ0v) is 11.8. The van der Waals surface area contributed by atoms with Crippen molar-refractivity contribution in [2.24, 2.45) is 0 Å². The summed E-state index contributed by atoms with van der Waals surface area (Å²) in [4.78, 5) is 25.1. The highest BCUT2D eigenvalue weighted by Crippen LogP contribution is 2.11. The molecule has 0 spiro atoms. The summed E-state index contributed by atoms with van der Waals surface area (Å²) in [6, 6.07) is 5.60. The zero-order valence-electron chi connectivity index (χ0n) is 11.8. The average Bonchev–Trinajstić information content (AvgIpc) is 2.99. The quantitative estimate of drug-likeness (QED) is 0.861. The van der Waals surface area contributed by atoms with E-state index in [1.54, 1.807) is 6.07 Å². The smallest absolute Gasteiger partial charge is 0.257 e. The minimum atomic E-state index is -0.413. The van der Waals surface area contributed by atoms with Crippen molar-refractivity contribution in [1.82, 2.24) is 10.2 Å². The van der Waals surface area contributed by atoms with Gasteiger partial charge >= 0.3 is 0 Å². The minimum absolute atomic E-state index is 0.0684. The Hall–Kier alpha value is -2.11. The van der Waals surface area contributed by atoms with Crippen LogP contribution >= 0.6 is 0 Å². The lowest BCUT2D eigenvalue weighted by molar-refractivity contribution is -0.130. The van der Waals surface area contributed by atoms with Crippen LogP contribution < -0.4 is 10.1 Å². The second-order valence-electron chi connectivity index (χ2n) is 4.93. The van der Waals surface area contributed by atoms with Gasteiger partial charge in [0.25, 0.3) is 5.91 Å². The van der Waals surface area contributed by atoms with Gasteiger partial charge in [-0.25, -0.2) is 4.39 Å². The SMILES string of the molecule is O=C(COc1cccc(F)c1)NCCC(=O)N1CCCC1. The first-order valence-electron chi connectivity index (χ1n) is 7.08. The molecule has 1 heterocycles. The maximum atomic E-state index is 12.9. The van der Waals surface area contributed by atoms with E-state index < -0.39 is 5.82 Å². The molecule has 1 N–H and O–H groups in total. The Morgan fingerprint density at radius 2 is 2.05 bits per heavy atom. The maximum Gasteiger partial charge on any atom is 0.257 e. The number of nitrogens with one attached hydrogen (secondary N) is 1. The predicted octanol–water partition coefficient (Wildman–Crippen LogP) is 1.33. The third kappa shape index (κ3) is 5.06. The second kappa shape index (κ2) is 7.61. The number of rotatable bonds is 6. The molecule has 1 fully saturated rings. The van der Waals surface area contributed by atoms with Crippen molar-refractivity contribution in [2.75, 3.05) is 26.2 Å². The second-order valence-corrected chi connectivity index (χ2v) is 4.93. The van der Waals surface area contributed by atoms with E-state index >= 15 is 0 Å². The van der Waals surface area contributed by atoms with Crippen LogP contribution in [0, 0.1) is 5.82 Å². The van der Waals surface area contributed by atoms with Crippen LogP contribution in [0.3, 0.4) is 0 Å². The summed E-state index contributed by atoms with van der Waals surface area (Å²) in [5.41, 5.74) is 0. The standard InChI is InChI=1S/C15H19FN2O3/c16-12-4-3-5-13(10-12)21-11-14(19)17-7-6-15(20)18-8-1-2-9-18/h3-5,10H,1-2,6-9,11H2,(H,17,19). The number of ether oxygens (including phenoxy) is 1. The van der Waals surface area contributed by atoms with E-state index in [4.69, 9.17) is 4.74 Å². The summed E-state index contributed by atoms with van der Waals surface area (Å²) in [5, 5.41) is 2.62. The van der Waals surface area contributed by atoms with Crippen LogP contribution in [0.5, 0.6) is 5.75 Å². The van der Waals surface area contributed by atoms with Gasteiger partial charge in [0.2, 0.25) is 5.91 Å². The number of benzene rings is 1. The first kappa shape index (κ1) is 15.3. The summed E-state index contributed by atoms with van der Waals surface area (Å²) in [6.45, 7) is 1.73. The van der Waals surface area contributed by atoms with Gasteiger partial charge in [-0.1, -0.05) is 6.07 Å². The molecule has 2 rings (SSSR count). The number of nitrogens with zero attached hydrogens (tertiary/aromatic N) is 1. The maximum absolute atomic E-state index is 12.9. The van der Waals surface area contributed by atoms with Crippen LogP contribution in [-0.2, 0) is 9.59 Å². The van der Waals surface area contributed by atoms with Gasteiger partial charge in [-0.15, -0.1) is 0 Å². The van der Waals surface area contributed by atoms with Crippen LogP contribution in [0.25, 0.3) is 0 Å². The highest BCUT2D eigenvalue weighted by atomic mass is 19.1. The van der Waals surface area contributed by atoms with Gasteiger partial charge in [0.05, 0.1) is 0 Å². The highest BCUT2D eigenvalue weighted by molar-refractivity contribution is 5.80. The molecule has 1 aliphatic rings. The Kier molecular flexibility index (Phi) is 5.54. The Balaban J connectivity index is 1.62. The molecule has 1 saturated heterocycles. The Morgan fingerprint density at radius 1 is 1.29 bits per heavy atom. The largest absolute Gasteiger partial charge is 0.484 e. The third-order valence-corrected chi connectivity index (χ3v) is 3.29. The molecule has 1 aromatic carbocycles. The van der Waals surface area contributed by atoms with Crippen LogP contribution in [0.15, 0.2) is 24.3 Å². The van der Waals surface area contributed by atoms with Crippen molar-refractivity contribution >= 4 is 11.8 Å². The van der Waals surface area contributed by atoms with Gasteiger partial charge in [0, 0.05) is 32.1 Å². The number of halogens is 1. The molecule has 0 bridgehead atoms. The molecule has 0 aliphatic carbocycles. The van der Waals surface area contributed by atoms with Crippen molar-refractivity contribution in [1.29, 1.82) is 0 Å². The molecule has 0 saturated carbocycles. The van der Waals surface area contributed by atoms with E-state index in [1.807, 2.05) is 4.90 Å². The van der Waals surface area contributed by atoms with Gasteiger partial charge < -0.3 is 15.0 Å². The molecule has 114 valence electrons. The molecule has 0 radical (unpaired) electrons. The summed E-state index contributed by atoms with van der Waals surface area (Å²) in [7, 11) is 0. The lowest BCUT2D eigenvalue weighted by Crippen LogP contribution is -2.34. The van der Waals surface area contributed by atoms with E-state index in [0.717, 1.165) is 25.9 Å². The molecule has 6 heteroatoms. The lowest BCUT2D eigenvalue weighted by Gasteiger charge is -2.15. The van der Waals surface area contributed by atoms with E-state index in [-0.39, 0.29) is 18.4 Å². The van der Waals surface area contributed by atoms with Crippen molar-refractivity contribution in [2.45, 2.75) is 19.3 Å². The normalized spacial score (nSPS) is 14.0. The van der Waals surface area contributed by atoms with Gasteiger partial charge in [0.15, 0.2) is 6.61 Å². The summed E-state index contributed by atoms with van der Waals surface area (Å²) >= 11 is 0. The molecular weight excluding hydrogens is 275 g/mol. The molecule has 0 aromatic heterocycles. The molecule has 0 atom stereocenters. The molecule has 21 heavy (non-hydrogen) atoms. The molecule has 1 aromatic rings. The van der Waals surface area contributed by atoms with E-state index in [1.165, 1.54) is 18.2 Å². The molecule has 0 unspecified atom stereocenters. The summed E-state index contributed by atoms with van der Waals surface area (Å²) < 4.78 is 18.1. The molecule has 1 aliphatic heterocycles. The predicted molar refractivity (Wildman–Crippen MR) is 75.3 cm³/mol. The number of carbonyl (C=O) groups excluding carboxylic acids is 2. The Labute approximate surface area is 123 Å². The average molecular weight is 294 g/mol. The van der Waals surface area contributed by atoms with Gasteiger partial charge in [-0.05, 0) is 25.0 Å². The van der Waals surface area contributed by atoms with Crippen LogP contribution in [0.4, 0.5) is 4.39 Å². The monoisotopic (exact) mass is 294 g/mol. The third-order valence-electron chi connectivity index (χ3n) is 3.29. The summed E-state index contributed by atoms with van der Waals surface area (Å²) in [6.07, 6.45) is 2.41. The number of hydrogen-bond donors (Lipinski definition) is 1. The zero-order chi connectivity index (χ0) is 15.1. The van der Waals surface area contributed by atoms with Gasteiger partial charge in [0.1, 0.15) is 11.6 Å². The number of carbonyl (C=O) groups is 2. The minimum Gasteiger partial charge on any atom is -0.484 e. The van der Waals surface area contributed by atoms with Crippen molar-refractivity contribution in [3.05, 3.63) is 30.1 Å². The van der Waals surface area contributed by atoms with E-state index in [9.17, 15) is 14.0 Å². The van der Waals surface area contributed by atoms with Crippen molar-refractivity contribution in [3.8, 4) is 5.75 Å². The fraction of sp³-hybridized carbons (Fsp3) is 0.467. The van der Waals surface area contributed by atoms with E-state index in [2.05, 4.69) is 5.32 Å². The topological polar surface area (TPSA) is 58.6 Å².